The first-order chi connectivity index (χ1) is 7.04. The van der Waals surface area contributed by atoms with Crippen LogP contribution in [-0.2, 0) is 17.6 Å². The predicted molar refractivity (Wildman–Crippen MR) is 57.9 cm³/mol. The van der Waals surface area contributed by atoms with Crippen molar-refractivity contribution in [3.8, 4) is 0 Å². The summed E-state index contributed by atoms with van der Waals surface area (Å²) in [5.41, 5.74) is 1.78. The Morgan fingerprint density at radius 3 is 2.73 bits per heavy atom. The van der Waals surface area contributed by atoms with E-state index in [1.165, 1.54) is 0 Å². The van der Waals surface area contributed by atoms with Crippen LogP contribution in [0.2, 0.25) is 0 Å². The first kappa shape index (κ1) is 11.8. The van der Waals surface area contributed by atoms with Gasteiger partial charge in [0, 0.05) is 11.7 Å². The number of carboxylic acid groups (broad SMARTS) is 1. The molecule has 0 spiro atoms. The molecule has 4 heteroatoms. The van der Waals surface area contributed by atoms with Crippen LogP contribution in [-0.4, -0.2) is 20.9 Å². The molecule has 0 saturated carbocycles. The Kier molecular flexibility index (Phi) is 3.88. The van der Waals surface area contributed by atoms with Gasteiger partial charge in [0.15, 0.2) is 0 Å². The first-order valence-electron chi connectivity index (χ1n) is 5.33. The molecule has 0 aliphatic rings. The maximum Gasteiger partial charge on any atom is 0.309 e. The number of rotatable bonds is 5. The van der Waals surface area contributed by atoms with Gasteiger partial charge in [-0.15, -0.1) is 0 Å². The highest BCUT2D eigenvalue weighted by Crippen LogP contribution is 2.13. The Morgan fingerprint density at radius 2 is 2.27 bits per heavy atom. The van der Waals surface area contributed by atoms with E-state index in [0.29, 0.717) is 5.69 Å². The van der Waals surface area contributed by atoms with Crippen LogP contribution in [0.3, 0.4) is 0 Å². The second-order valence-electron chi connectivity index (χ2n) is 3.99. The van der Waals surface area contributed by atoms with Crippen molar-refractivity contribution in [2.24, 2.45) is 0 Å². The fourth-order valence-electron chi connectivity index (χ4n) is 1.62. The lowest BCUT2D eigenvalue weighted by molar-refractivity contribution is -0.136. The maximum atomic E-state index is 10.6. The predicted octanol–water partition coefficient (Wildman–Crippen LogP) is 2.04. The minimum atomic E-state index is -0.827. The summed E-state index contributed by atoms with van der Waals surface area (Å²) in [5, 5.41) is 13.0. The van der Waals surface area contributed by atoms with Crippen molar-refractivity contribution >= 4 is 5.97 Å². The molecule has 0 aliphatic heterocycles. The van der Waals surface area contributed by atoms with Crippen LogP contribution >= 0.6 is 0 Å². The number of aliphatic carboxylic acids is 1. The minimum absolute atomic E-state index is 0.0104. The lowest BCUT2D eigenvalue weighted by atomic mass is 10.2. The number of carboxylic acids is 1. The van der Waals surface area contributed by atoms with Gasteiger partial charge in [0.2, 0.25) is 0 Å². The molecule has 0 fully saturated rings. The molecule has 0 atom stereocenters. The molecule has 0 unspecified atom stereocenters. The van der Waals surface area contributed by atoms with Crippen LogP contribution in [0, 0.1) is 0 Å². The van der Waals surface area contributed by atoms with Gasteiger partial charge in [-0.25, -0.2) is 0 Å². The van der Waals surface area contributed by atoms with E-state index in [-0.39, 0.29) is 12.5 Å². The molecule has 84 valence electrons. The molecule has 1 N–H and O–H groups in total. The summed E-state index contributed by atoms with van der Waals surface area (Å²) in [6.45, 7) is 6.21. The highest BCUT2D eigenvalue weighted by molar-refractivity contribution is 5.69. The lowest BCUT2D eigenvalue weighted by Gasteiger charge is -2.09. The van der Waals surface area contributed by atoms with Gasteiger partial charge in [0.25, 0.3) is 0 Å². The molecule has 1 aromatic heterocycles. The Hall–Kier alpha value is -1.32. The van der Waals surface area contributed by atoms with Crippen molar-refractivity contribution in [3.63, 3.8) is 0 Å². The summed E-state index contributed by atoms with van der Waals surface area (Å²) in [5.74, 6) is -0.827. The summed E-state index contributed by atoms with van der Waals surface area (Å²) in [6, 6.07) is 2.19. The van der Waals surface area contributed by atoms with Gasteiger partial charge in [-0.2, -0.15) is 5.10 Å². The maximum absolute atomic E-state index is 10.6. The first-order valence-corrected chi connectivity index (χ1v) is 5.33. The summed E-state index contributed by atoms with van der Waals surface area (Å²) in [4.78, 5) is 10.6. The van der Waals surface area contributed by atoms with Crippen molar-refractivity contribution < 1.29 is 9.90 Å². The monoisotopic (exact) mass is 210 g/mol. The number of aromatic nitrogens is 2. The second-order valence-corrected chi connectivity index (χ2v) is 3.99. The molecule has 15 heavy (non-hydrogen) atoms. The smallest absolute Gasteiger partial charge is 0.309 e. The van der Waals surface area contributed by atoms with E-state index >= 15 is 0 Å². The van der Waals surface area contributed by atoms with Gasteiger partial charge in [-0.3, -0.25) is 9.48 Å². The number of hydrogen-bond donors (Lipinski definition) is 1. The van der Waals surface area contributed by atoms with E-state index in [1.54, 1.807) is 0 Å². The van der Waals surface area contributed by atoms with E-state index in [0.717, 1.165) is 18.5 Å². The van der Waals surface area contributed by atoms with Gasteiger partial charge >= 0.3 is 5.97 Å². The Morgan fingerprint density at radius 1 is 1.60 bits per heavy atom. The number of carbonyl (C=O) groups is 1. The topological polar surface area (TPSA) is 55.1 Å². The zero-order chi connectivity index (χ0) is 11.4. The SMILES string of the molecule is CCCc1cc(CC(=O)O)nn1C(C)C. The summed E-state index contributed by atoms with van der Waals surface area (Å²) in [7, 11) is 0. The summed E-state index contributed by atoms with van der Waals surface area (Å²) >= 11 is 0. The summed E-state index contributed by atoms with van der Waals surface area (Å²) in [6.07, 6.45) is 2.01. The van der Waals surface area contributed by atoms with Crippen LogP contribution in [0.25, 0.3) is 0 Å². The summed E-state index contributed by atoms with van der Waals surface area (Å²) < 4.78 is 1.92. The van der Waals surface area contributed by atoms with Crippen molar-refractivity contribution in [2.45, 2.75) is 46.1 Å². The third-order valence-electron chi connectivity index (χ3n) is 2.19. The van der Waals surface area contributed by atoms with Gasteiger partial charge in [0.1, 0.15) is 0 Å². The zero-order valence-electron chi connectivity index (χ0n) is 9.53. The third kappa shape index (κ3) is 3.08. The molecule has 0 aromatic carbocycles. The fourth-order valence-corrected chi connectivity index (χ4v) is 1.62. The van der Waals surface area contributed by atoms with E-state index < -0.39 is 5.97 Å². The normalized spacial score (nSPS) is 10.9. The van der Waals surface area contributed by atoms with Crippen LogP contribution in [0.1, 0.15) is 44.6 Å². The Bertz CT molecular complexity index is 342. The van der Waals surface area contributed by atoms with Crippen molar-refractivity contribution in [1.82, 2.24) is 9.78 Å². The molecule has 0 radical (unpaired) electrons. The average molecular weight is 210 g/mol. The molecule has 4 nitrogen and oxygen atoms in total. The third-order valence-corrected chi connectivity index (χ3v) is 2.19. The molecule has 1 heterocycles. The van der Waals surface area contributed by atoms with Crippen molar-refractivity contribution in [2.75, 3.05) is 0 Å². The number of hydrogen-bond acceptors (Lipinski definition) is 2. The molecule has 0 saturated heterocycles. The van der Waals surface area contributed by atoms with Crippen molar-refractivity contribution in [3.05, 3.63) is 17.5 Å². The number of nitrogens with zero attached hydrogens (tertiary/aromatic N) is 2. The molecule has 1 aromatic rings. The van der Waals surface area contributed by atoms with E-state index in [4.69, 9.17) is 5.11 Å². The Balaban J connectivity index is 2.92. The molecular weight excluding hydrogens is 192 g/mol. The highest BCUT2D eigenvalue weighted by Gasteiger charge is 2.11. The Labute approximate surface area is 89.9 Å². The molecule has 0 amide bonds. The van der Waals surface area contributed by atoms with Crippen LogP contribution in [0.5, 0.6) is 0 Å². The second kappa shape index (κ2) is 4.96. The fraction of sp³-hybridized carbons (Fsp3) is 0.636. The quantitative estimate of drug-likeness (QED) is 0.809. The van der Waals surface area contributed by atoms with Gasteiger partial charge in [0.05, 0.1) is 12.1 Å². The van der Waals surface area contributed by atoms with E-state index in [2.05, 4.69) is 25.9 Å². The largest absolute Gasteiger partial charge is 0.481 e. The average Bonchev–Trinajstić information content (AvgIpc) is 2.47. The molecule has 0 bridgehead atoms. The zero-order valence-corrected chi connectivity index (χ0v) is 9.53. The van der Waals surface area contributed by atoms with E-state index in [9.17, 15) is 4.79 Å². The van der Waals surface area contributed by atoms with Crippen molar-refractivity contribution in [1.29, 1.82) is 0 Å². The molecule has 0 aliphatic carbocycles. The van der Waals surface area contributed by atoms with Crippen LogP contribution in [0.4, 0.5) is 0 Å². The van der Waals surface area contributed by atoms with Crippen LogP contribution in [0.15, 0.2) is 6.07 Å². The molecule has 1 rings (SSSR count). The number of aryl methyl sites for hydroxylation is 1. The van der Waals surface area contributed by atoms with E-state index in [1.807, 2.05) is 10.7 Å². The molecular formula is C11H18N2O2. The van der Waals surface area contributed by atoms with Gasteiger partial charge in [-0.1, -0.05) is 13.3 Å². The minimum Gasteiger partial charge on any atom is -0.481 e. The van der Waals surface area contributed by atoms with Crippen LogP contribution < -0.4 is 0 Å². The van der Waals surface area contributed by atoms with Gasteiger partial charge in [-0.05, 0) is 26.3 Å². The standard InChI is InChI=1S/C11H18N2O2/c1-4-5-10-6-9(7-11(14)15)12-13(10)8(2)3/h6,8H,4-5,7H2,1-3H3,(H,14,15). The lowest BCUT2D eigenvalue weighted by Crippen LogP contribution is -2.08. The van der Waals surface area contributed by atoms with Gasteiger partial charge < -0.3 is 5.11 Å². The highest BCUT2D eigenvalue weighted by atomic mass is 16.4.